The average Bonchev–Trinajstić information content (AvgIpc) is 2.94. The van der Waals surface area contributed by atoms with E-state index < -0.39 is 11.9 Å². The third-order valence-corrected chi connectivity index (χ3v) is 5.70. The fourth-order valence-corrected chi connectivity index (χ4v) is 3.88. The number of para-hydroxylation sites is 1. The van der Waals surface area contributed by atoms with Crippen LogP contribution in [0.2, 0.25) is 0 Å². The number of carbonyl (C=O) groups excluding carboxylic acids is 2. The molecule has 0 unspecified atom stereocenters. The van der Waals surface area contributed by atoms with E-state index in [4.69, 9.17) is 23.7 Å². The van der Waals surface area contributed by atoms with E-state index in [0.717, 1.165) is 21.5 Å². The molecule has 4 aromatic rings. The molecule has 0 saturated heterocycles. The van der Waals surface area contributed by atoms with E-state index in [1.54, 1.807) is 13.8 Å². The van der Waals surface area contributed by atoms with Gasteiger partial charge in [-0.25, -0.2) is 9.59 Å². The average molecular weight is 527 g/mol. The van der Waals surface area contributed by atoms with Crippen molar-refractivity contribution in [2.75, 3.05) is 26.4 Å². The highest BCUT2D eigenvalue weighted by molar-refractivity contribution is 6.11. The van der Waals surface area contributed by atoms with Gasteiger partial charge in [0.1, 0.15) is 49.4 Å². The second-order valence-electron chi connectivity index (χ2n) is 8.86. The summed E-state index contributed by atoms with van der Waals surface area (Å²) in [7, 11) is 0. The first-order valence-electron chi connectivity index (χ1n) is 12.5. The molecule has 0 aliphatic heterocycles. The molecular formula is C32H30O7. The molecule has 0 fully saturated rings. The molecule has 0 aliphatic rings. The van der Waals surface area contributed by atoms with Crippen LogP contribution in [0.25, 0.3) is 21.5 Å². The summed E-state index contributed by atoms with van der Waals surface area (Å²) < 4.78 is 28.9. The molecule has 7 nitrogen and oxygen atoms in total. The Morgan fingerprint density at radius 3 is 1.62 bits per heavy atom. The third kappa shape index (κ3) is 6.76. The zero-order chi connectivity index (χ0) is 27.8. The van der Waals surface area contributed by atoms with Crippen LogP contribution >= 0.6 is 0 Å². The standard InChI is InChI=1S/C32H30O7/c1-21(2)31(33)37-18-16-35-29-25-12-8-9-13-26(25)30(36-17-19-38-32(34)22(3)4)28-20-24(14-15-27(28)29)39-23-10-6-5-7-11-23/h5-15,20H,1,3,16-19H2,2,4H3. The van der Waals surface area contributed by atoms with Crippen molar-refractivity contribution in [2.24, 2.45) is 0 Å². The van der Waals surface area contributed by atoms with E-state index in [1.165, 1.54) is 0 Å². The van der Waals surface area contributed by atoms with Gasteiger partial charge in [0.2, 0.25) is 0 Å². The van der Waals surface area contributed by atoms with Gasteiger partial charge in [-0.05, 0) is 44.2 Å². The Labute approximate surface area is 227 Å². The number of hydrogen-bond donors (Lipinski definition) is 0. The second kappa shape index (κ2) is 12.6. The highest BCUT2D eigenvalue weighted by Gasteiger charge is 2.18. The number of hydrogen-bond acceptors (Lipinski definition) is 7. The quantitative estimate of drug-likeness (QED) is 0.0871. The molecule has 4 rings (SSSR count). The Bertz CT molecular complexity index is 1520. The van der Waals surface area contributed by atoms with E-state index in [2.05, 4.69) is 13.2 Å². The lowest BCUT2D eigenvalue weighted by Gasteiger charge is -2.19. The van der Waals surface area contributed by atoms with Gasteiger partial charge in [-0.3, -0.25) is 0 Å². The Balaban J connectivity index is 1.71. The molecule has 0 spiro atoms. The summed E-state index contributed by atoms with van der Waals surface area (Å²) in [6, 6.07) is 22.8. The number of esters is 2. The predicted molar refractivity (Wildman–Crippen MR) is 151 cm³/mol. The smallest absolute Gasteiger partial charge is 0.333 e. The van der Waals surface area contributed by atoms with Crippen molar-refractivity contribution >= 4 is 33.5 Å². The fourth-order valence-electron chi connectivity index (χ4n) is 3.88. The van der Waals surface area contributed by atoms with Crippen molar-refractivity contribution in [2.45, 2.75) is 13.8 Å². The molecule has 0 N–H and O–H groups in total. The number of rotatable bonds is 12. The van der Waals surface area contributed by atoms with Crippen LogP contribution in [0.5, 0.6) is 23.0 Å². The molecule has 39 heavy (non-hydrogen) atoms. The number of carbonyl (C=O) groups is 2. The second-order valence-corrected chi connectivity index (χ2v) is 8.86. The van der Waals surface area contributed by atoms with Gasteiger partial charge in [-0.15, -0.1) is 0 Å². The lowest BCUT2D eigenvalue weighted by molar-refractivity contribution is -0.140. The Kier molecular flexibility index (Phi) is 8.84. The maximum Gasteiger partial charge on any atom is 0.333 e. The molecule has 0 atom stereocenters. The zero-order valence-electron chi connectivity index (χ0n) is 22.0. The van der Waals surface area contributed by atoms with E-state index in [0.29, 0.717) is 34.1 Å². The van der Waals surface area contributed by atoms with Gasteiger partial charge in [0.15, 0.2) is 0 Å². The number of fused-ring (bicyclic) bond motifs is 2. The van der Waals surface area contributed by atoms with Crippen LogP contribution in [-0.2, 0) is 19.1 Å². The summed E-state index contributed by atoms with van der Waals surface area (Å²) in [5.74, 6) is 1.60. The zero-order valence-corrected chi connectivity index (χ0v) is 22.0. The van der Waals surface area contributed by atoms with Gasteiger partial charge in [-0.2, -0.15) is 0 Å². The van der Waals surface area contributed by atoms with Crippen LogP contribution in [0.1, 0.15) is 13.8 Å². The highest BCUT2D eigenvalue weighted by Crippen LogP contribution is 2.44. The minimum atomic E-state index is -0.469. The third-order valence-electron chi connectivity index (χ3n) is 5.70. The molecule has 7 heteroatoms. The molecule has 0 amide bonds. The van der Waals surface area contributed by atoms with Crippen molar-refractivity contribution in [3.05, 3.63) is 97.1 Å². The molecule has 200 valence electrons. The fraction of sp³-hybridized carbons (Fsp3) is 0.188. The molecule has 0 heterocycles. The summed E-state index contributed by atoms with van der Waals surface area (Å²) in [4.78, 5) is 23.6. The molecule has 4 aromatic carbocycles. The first-order chi connectivity index (χ1) is 18.8. The van der Waals surface area contributed by atoms with E-state index in [9.17, 15) is 9.59 Å². The Hall–Kier alpha value is -4.78. The Morgan fingerprint density at radius 1 is 0.590 bits per heavy atom. The summed E-state index contributed by atoms with van der Waals surface area (Å²) in [5, 5.41) is 3.17. The van der Waals surface area contributed by atoms with E-state index in [1.807, 2.05) is 72.8 Å². The lowest BCUT2D eigenvalue weighted by atomic mass is 10.00. The van der Waals surface area contributed by atoms with Crippen LogP contribution in [0.3, 0.4) is 0 Å². The van der Waals surface area contributed by atoms with Crippen LogP contribution in [0.4, 0.5) is 0 Å². The van der Waals surface area contributed by atoms with Gasteiger partial charge < -0.3 is 23.7 Å². The maximum atomic E-state index is 11.8. The predicted octanol–water partition coefficient (Wildman–Crippen LogP) is 6.78. The van der Waals surface area contributed by atoms with Crippen LogP contribution in [-0.4, -0.2) is 38.4 Å². The van der Waals surface area contributed by atoms with E-state index in [-0.39, 0.29) is 26.4 Å². The van der Waals surface area contributed by atoms with Crippen LogP contribution in [0, 0.1) is 0 Å². The molecular weight excluding hydrogens is 496 g/mol. The van der Waals surface area contributed by atoms with Crippen molar-refractivity contribution < 1.29 is 33.3 Å². The molecule has 0 aliphatic carbocycles. The van der Waals surface area contributed by atoms with Gasteiger partial charge in [0, 0.05) is 32.7 Å². The minimum Gasteiger partial charge on any atom is -0.489 e. The normalized spacial score (nSPS) is 10.6. The summed E-state index contributed by atoms with van der Waals surface area (Å²) in [5.41, 5.74) is 0.649. The maximum absolute atomic E-state index is 11.8. The van der Waals surface area contributed by atoms with Crippen molar-refractivity contribution in [1.82, 2.24) is 0 Å². The van der Waals surface area contributed by atoms with Gasteiger partial charge in [-0.1, -0.05) is 55.6 Å². The van der Waals surface area contributed by atoms with Crippen LogP contribution in [0.15, 0.2) is 97.1 Å². The molecule has 0 aromatic heterocycles. The summed E-state index contributed by atoms with van der Waals surface area (Å²) >= 11 is 0. The Morgan fingerprint density at radius 2 is 1.08 bits per heavy atom. The van der Waals surface area contributed by atoms with E-state index >= 15 is 0 Å². The lowest BCUT2D eigenvalue weighted by Crippen LogP contribution is -2.13. The first-order valence-corrected chi connectivity index (χ1v) is 12.5. The van der Waals surface area contributed by atoms with Gasteiger partial charge in [0.25, 0.3) is 0 Å². The monoisotopic (exact) mass is 526 g/mol. The topological polar surface area (TPSA) is 80.3 Å². The minimum absolute atomic E-state index is 0.0636. The highest BCUT2D eigenvalue weighted by atomic mass is 16.6. The van der Waals surface area contributed by atoms with Crippen molar-refractivity contribution in [1.29, 1.82) is 0 Å². The van der Waals surface area contributed by atoms with Crippen molar-refractivity contribution in [3.63, 3.8) is 0 Å². The summed E-state index contributed by atoms with van der Waals surface area (Å²) in [6.07, 6.45) is 0. The van der Waals surface area contributed by atoms with Gasteiger partial charge >= 0.3 is 11.9 Å². The molecule has 0 saturated carbocycles. The first kappa shape index (κ1) is 27.3. The van der Waals surface area contributed by atoms with Crippen molar-refractivity contribution in [3.8, 4) is 23.0 Å². The number of ether oxygens (including phenoxy) is 5. The molecule has 0 radical (unpaired) electrons. The molecule has 0 bridgehead atoms. The van der Waals surface area contributed by atoms with Crippen LogP contribution < -0.4 is 14.2 Å². The summed E-state index contributed by atoms with van der Waals surface area (Å²) in [6.45, 7) is 10.8. The number of benzene rings is 4. The SMILES string of the molecule is C=C(C)C(=O)OCCOc1c2ccccc2c(OCCOC(=O)C(=C)C)c2cc(Oc3ccccc3)ccc12. The largest absolute Gasteiger partial charge is 0.489 e. The van der Waals surface area contributed by atoms with Gasteiger partial charge in [0.05, 0.1) is 0 Å².